The summed E-state index contributed by atoms with van der Waals surface area (Å²) >= 11 is 18.9. The number of tetrazole rings is 1. The quantitative estimate of drug-likeness (QED) is 0.241. The van der Waals surface area contributed by atoms with Crippen LogP contribution in [-0.2, 0) is 6.54 Å². The van der Waals surface area contributed by atoms with Crippen molar-refractivity contribution in [2.45, 2.75) is 19.0 Å². The predicted molar refractivity (Wildman–Crippen MR) is 129 cm³/mol. The minimum atomic E-state index is -0.379. The minimum absolute atomic E-state index is 0.299. The summed E-state index contributed by atoms with van der Waals surface area (Å²) in [6, 6.07) is 21.0. The molecular weight excluding hydrogens is 469 g/mol. The number of hydrogen-bond donors (Lipinski definition) is 1. The van der Waals surface area contributed by atoms with Gasteiger partial charge in [0.05, 0.1) is 16.6 Å². The van der Waals surface area contributed by atoms with Gasteiger partial charge in [0.15, 0.2) is 5.82 Å². The van der Waals surface area contributed by atoms with E-state index in [1.807, 2.05) is 67.6 Å². The van der Waals surface area contributed by atoms with E-state index in [1.165, 1.54) is 0 Å². The number of aryl methyl sites for hydroxylation is 1. The third kappa shape index (κ3) is 5.33. The minimum Gasteiger partial charge on any atom is -0.490 e. The van der Waals surface area contributed by atoms with Gasteiger partial charge in [-0.1, -0.05) is 71.2 Å². The van der Waals surface area contributed by atoms with E-state index in [0.29, 0.717) is 40.3 Å². The number of nitrogens with one attached hydrogen (secondary N) is 1. The number of hydrogen-bond acceptors (Lipinski definition) is 5. The Hall–Kier alpha value is -2.80. The normalized spacial score (nSPS) is 11.9. The highest BCUT2D eigenvalue weighted by molar-refractivity contribution is 6.43. The molecule has 0 bridgehead atoms. The average molecular weight is 489 g/mol. The van der Waals surface area contributed by atoms with Gasteiger partial charge in [-0.25, -0.2) is 4.68 Å². The first-order chi connectivity index (χ1) is 15.5. The van der Waals surface area contributed by atoms with Gasteiger partial charge in [-0.05, 0) is 58.8 Å². The molecule has 1 aromatic heterocycles. The SMILES string of the molecule is Cc1ccccc1NC(Cl)COc1cccc(Cn2nnnc2-c2cccc(Cl)c2Cl)c1. The highest BCUT2D eigenvalue weighted by atomic mass is 35.5. The molecule has 1 heterocycles. The van der Waals surface area contributed by atoms with Crippen molar-refractivity contribution in [3.05, 3.63) is 87.9 Å². The molecule has 32 heavy (non-hydrogen) atoms. The molecule has 6 nitrogen and oxygen atoms in total. The smallest absolute Gasteiger partial charge is 0.183 e. The molecule has 1 atom stereocenters. The van der Waals surface area contributed by atoms with E-state index in [2.05, 4.69) is 20.8 Å². The van der Waals surface area contributed by atoms with Gasteiger partial charge in [0.25, 0.3) is 0 Å². The number of aromatic nitrogens is 4. The molecule has 0 radical (unpaired) electrons. The number of rotatable bonds is 8. The number of benzene rings is 3. The van der Waals surface area contributed by atoms with Crippen LogP contribution < -0.4 is 10.1 Å². The topological polar surface area (TPSA) is 64.9 Å². The fraction of sp³-hybridized carbons (Fsp3) is 0.174. The second-order valence-electron chi connectivity index (χ2n) is 7.15. The molecule has 164 valence electrons. The molecular formula is C23H20Cl3N5O. The van der Waals surface area contributed by atoms with E-state index in [4.69, 9.17) is 39.5 Å². The van der Waals surface area contributed by atoms with Crippen LogP contribution in [0.15, 0.2) is 66.7 Å². The third-order valence-electron chi connectivity index (χ3n) is 4.81. The summed E-state index contributed by atoms with van der Waals surface area (Å²) in [6.07, 6.45) is 0. The first-order valence-corrected chi connectivity index (χ1v) is 11.1. The van der Waals surface area contributed by atoms with Gasteiger partial charge in [-0.2, -0.15) is 0 Å². The Morgan fingerprint density at radius 3 is 2.69 bits per heavy atom. The van der Waals surface area contributed by atoms with E-state index < -0.39 is 0 Å². The molecule has 3 aromatic carbocycles. The van der Waals surface area contributed by atoms with Crippen LogP contribution in [0.5, 0.6) is 5.75 Å². The van der Waals surface area contributed by atoms with E-state index in [0.717, 1.165) is 16.8 Å². The maximum Gasteiger partial charge on any atom is 0.183 e. The Morgan fingerprint density at radius 2 is 1.84 bits per heavy atom. The molecule has 0 saturated heterocycles. The molecule has 0 aliphatic rings. The van der Waals surface area contributed by atoms with Gasteiger partial charge in [0.2, 0.25) is 0 Å². The summed E-state index contributed by atoms with van der Waals surface area (Å²) in [7, 11) is 0. The molecule has 0 fully saturated rings. The Labute approximate surface area is 201 Å². The van der Waals surface area contributed by atoms with Crippen LogP contribution in [0.2, 0.25) is 10.0 Å². The zero-order chi connectivity index (χ0) is 22.5. The summed E-state index contributed by atoms with van der Waals surface area (Å²) in [5.74, 6) is 1.24. The van der Waals surface area contributed by atoms with Crippen molar-refractivity contribution in [1.29, 1.82) is 0 Å². The van der Waals surface area contributed by atoms with E-state index in [1.54, 1.807) is 10.7 Å². The number of alkyl halides is 1. The summed E-state index contributed by atoms with van der Waals surface area (Å²) in [5, 5.41) is 16.1. The molecule has 0 aliphatic heterocycles. The Balaban J connectivity index is 1.43. The second-order valence-corrected chi connectivity index (χ2v) is 8.46. The van der Waals surface area contributed by atoms with E-state index in [-0.39, 0.29) is 5.50 Å². The summed E-state index contributed by atoms with van der Waals surface area (Å²) in [4.78, 5) is 0. The van der Waals surface area contributed by atoms with Crippen molar-refractivity contribution in [3.63, 3.8) is 0 Å². The van der Waals surface area contributed by atoms with Crippen LogP contribution in [0, 0.1) is 6.92 Å². The van der Waals surface area contributed by atoms with E-state index in [9.17, 15) is 0 Å². The number of anilines is 1. The third-order valence-corrected chi connectivity index (χ3v) is 5.86. The number of nitrogens with zero attached hydrogens (tertiary/aromatic N) is 4. The van der Waals surface area contributed by atoms with Crippen LogP contribution in [0.25, 0.3) is 11.4 Å². The molecule has 1 N–H and O–H groups in total. The lowest BCUT2D eigenvalue weighted by Crippen LogP contribution is -2.21. The Morgan fingerprint density at radius 1 is 1.03 bits per heavy atom. The van der Waals surface area contributed by atoms with Crippen LogP contribution in [-0.4, -0.2) is 32.3 Å². The van der Waals surface area contributed by atoms with E-state index >= 15 is 0 Å². The zero-order valence-corrected chi connectivity index (χ0v) is 19.4. The number of para-hydroxylation sites is 1. The second kappa shape index (κ2) is 10.2. The molecule has 0 spiro atoms. The van der Waals surface area contributed by atoms with Crippen molar-refractivity contribution in [3.8, 4) is 17.1 Å². The maximum absolute atomic E-state index is 6.42. The highest BCUT2D eigenvalue weighted by Crippen LogP contribution is 2.32. The summed E-state index contributed by atoms with van der Waals surface area (Å²) in [6.45, 7) is 2.77. The Bertz CT molecular complexity index is 1210. The molecule has 0 amide bonds. The van der Waals surface area contributed by atoms with Crippen LogP contribution in [0.3, 0.4) is 0 Å². The number of ether oxygens (including phenoxy) is 1. The lowest BCUT2D eigenvalue weighted by atomic mass is 10.2. The maximum atomic E-state index is 6.42. The Kier molecular flexibility index (Phi) is 7.15. The summed E-state index contributed by atoms with van der Waals surface area (Å²) in [5.41, 5.74) is 3.36. The lowest BCUT2D eigenvalue weighted by molar-refractivity contribution is 0.322. The predicted octanol–water partition coefficient (Wildman–Crippen LogP) is 6.06. The average Bonchev–Trinajstić information content (AvgIpc) is 3.24. The standard InChI is InChI=1S/C23H20Cl3N5O/c1-15-6-2-3-11-20(15)27-21(25)14-32-17-8-4-7-16(12-17)13-31-23(28-29-30-31)18-9-5-10-19(24)22(18)26/h2-12,21,27H,13-14H2,1H3. The van der Waals surface area contributed by atoms with Crippen LogP contribution in [0.4, 0.5) is 5.69 Å². The van der Waals surface area contributed by atoms with Crippen molar-refractivity contribution in [1.82, 2.24) is 20.2 Å². The number of halogens is 3. The van der Waals surface area contributed by atoms with Gasteiger partial charge in [-0.15, -0.1) is 5.10 Å². The van der Waals surface area contributed by atoms with Crippen molar-refractivity contribution >= 4 is 40.5 Å². The molecule has 9 heteroatoms. The summed E-state index contributed by atoms with van der Waals surface area (Å²) < 4.78 is 7.56. The highest BCUT2D eigenvalue weighted by Gasteiger charge is 2.15. The van der Waals surface area contributed by atoms with Gasteiger partial charge >= 0.3 is 0 Å². The fourth-order valence-corrected chi connectivity index (χ4v) is 3.77. The van der Waals surface area contributed by atoms with Gasteiger partial charge in [0, 0.05) is 11.3 Å². The lowest BCUT2D eigenvalue weighted by Gasteiger charge is -2.16. The van der Waals surface area contributed by atoms with Crippen molar-refractivity contribution in [2.75, 3.05) is 11.9 Å². The van der Waals surface area contributed by atoms with Gasteiger partial charge in [0.1, 0.15) is 17.9 Å². The van der Waals surface area contributed by atoms with Crippen molar-refractivity contribution < 1.29 is 4.74 Å². The zero-order valence-electron chi connectivity index (χ0n) is 17.2. The van der Waals surface area contributed by atoms with Gasteiger partial charge < -0.3 is 10.1 Å². The first kappa shape index (κ1) is 22.4. The van der Waals surface area contributed by atoms with Crippen LogP contribution in [0.1, 0.15) is 11.1 Å². The fourth-order valence-electron chi connectivity index (χ4n) is 3.20. The van der Waals surface area contributed by atoms with Crippen molar-refractivity contribution in [2.24, 2.45) is 0 Å². The molecule has 0 aliphatic carbocycles. The monoisotopic (exact) mass is 487 g/mol. The first-order valence-electron chi connectivity index (χ1n) is 9.90. The molecule has 4 aromatic rings. The molecule has 0 saturated carbocycles. The largest absolute Gasteiger partial charge is 0.490 e. The van der Waals surface area contributed by atoms with Crippen LogP contribution >= 0.6 is 34.8 Å². The molecule has 1 unspecified atom stereocenters. The van der Waals surface area contributed by atoms with Gasteiger partial charge in [-0.3, -0.25) is 0 Å². The molecule has 4 rings (SSSR count).